The van der Waals surface area contributed by atoms with E-state index >= 15 is 0 Å². The number of carbonyl (C=O) groups excluding carboxylic acids is 2. The van der Waals surface area contributed by atoms with Crippen molar-refractivity contribution >= 4 is 11.9 Å². The Kier molecular flexibility index (Phi) is 6.32. The standard InChI is InChI=1S/C13H26N2O3/c1-8(2)7-10(15-11(16)9(3)14)12(17)18-13(4,5)6/h8-10H,7,14H2,1-6H3,(H,15,16)/t9-,10+/m0/s1. The zero-order valence-corrected chi connectivity index (χ0v) is 12.2. The fourth-order valence-corrected chi connectivity index (χ4v) is 1.36. The van der Waals surface area contributed by atoms with E-state index in [9.17, 15) is 9.59 Å². The third-order valence-corrected chi connectivity index (χ3v) is 2.13. The number of hydrogen-bond acceptors (Lipinski definition) is 4. The van der Waals surface area contributed by atoms with E-state index in [4.69, 9.17) is 10.5 Å². The molecule has 0 bridgehead atoms. The molecule has 0 spiro atoms. The molecule has 3 N–H and O–H groups in total. The van der Waals surface area contributed by atoms with Crippen molar-refractivity contribution in [1.82, 2.24) is 5.32 Å². The van der Waals surface area contributed by atoms with Gasteiger partial charge in [-0.05, 0) is 40.0 Å². The minimum absolute atomic E-state index is 0.274. The third kappa shape index (κ3) is 7.27. The predicted octanol–water partition coefficient (Wildman–Crippen LogP) is 1.21. The molecule has 2 atom stereocenters. The van der Waals surface area contributed by atoms with Gasteiger partial charge >= 0.3 is 5.97 Å². The highest BCUT2D eigenvalue weighted by Crippen LogP contribution is 2.12. The van der Waals surface area contributed by atoms with Gasteiger partial charge in [-0.15, -0.1) is 0 Å². The fraction of sp³-hybridized carbons (Fsp3) is 0.846. The minimum atomic E-state index is -0.637. The maximum Gasteiger partial charge on any atom is 0.329 e. The molecule has 0 aliphatic carbocycles. The van der Waals surface area contributed by atoms with Crippen LogP contribution in [-0.4, -0.2) is 29.6 Å². The van der Waals surface area contributed by atoms with Gasteiger partial charge in [-0.25, -0.2) is 4.79 Å². The van der Waals surface area contributed by atoms with Crippen LogP contribution in [0.5, 0.6) is 0 Å². The lowest BCUT2D eigenvalue weighted by atomic mass is 10.0. The van der Waals surface area contributed by atoms with Crippen molar-refractivity contribution in [3.05, 3.63) is 0 Å². The van der Waals surface area contributed by atoms with Gasteiger partial charge < -0.3 is 15.8 Å². The lowest BCUT2D eigenvalue weighted by Gasteiger charge is -2.26. The van der Waals surface area contributed by atoms with E-state index in [1.807, 2.05) is 13.8 Å². The second-order valence-corrected chi connectivity index (χ2v) is 6.01. The van der Waals surface area contributed by atoms with Crippen molar-refractivity contribution in [1.29, 1.82) is 0 Å². The second-order valence-electron chi connectivity index (χ2n) is 6.01. The first-order valence-corrected chi connectivity index (χ1v) is 6.31. The van der Waals surface area contributed by atoms with Gasteiger partial charge in [0.2, 0.25) is 5.91 Å². The molecule has 0 aliphatic heterocycles. The van der Waals surface area contributed by atoms with Crippen molar-refractivity contribution in [2.75, 3.05) is 0 Å². The van der Waals surface area contributed by atoms with Crippen molar-refractivity contribution in [2.45, 2.75) is 65.6 Å². The molecule has 0 aromatic carbocycles. The van der Waals surface area contributed by atoms with E-state index in [0.717, 1.165) is 0 Å². The van der Waals surface area contributed by atoms with Crippen molar-refractivity contribution in [2.24, 2.45) is 11.7 Å². The van der Waals surface area contributed by atoms with Crippen molar-refractivity contribution in [3.63, 3.8) is 0 Å². The van der Waals surface area contributed by atoms with E-state index < -0.39 is 23.7 Å². The van der Waals surface area contributed by atoms with Crippen LogP contribution in [0.4, 0.5) is 0 Å². The van der Waals surface area contributed by atoms with Crippen LogP contribution in [0.3, 0.4) is 0 Å². The number of nitrogens with two attached hydrogens (primary N) is 1. The molecule has 0 saturated carbocycles. The van der Waals surface area contributed by atoms with Crippen LogP contribution < -0.4 is 11.1 Å². The van der Waals surface area contributed by atoms with Crippen LogP contribution in [0.2, 0.25) is 0 Å². The Morgan fingerprint density at radius 3 is 2.06 bits per heavy atom. The Morgan fingerprint density at radius 1 is 1.22 bits per heavy atom. The van der Waals surface area contributed by atoms with Crippen LogP contribution in [0.15, 0.2) is 0 Å². The molecular formula is C13H26N2O3. The summed E-state index contributed by atoms with van der Waals surface area (Å²) in [6.07, 6.45) is 0.535. The van der Waals surface area contributed by atoms with Crippen LogP contribution in [-0.2, 0) is 14.3 Å². The average Bonchev–Trinajstić information content (AvgIpc) is 2.12. The van der Waals surface area contributed by atoms with Gasteiger partial charge in [-0.2, -0.15) is 0 Å². The van der Waals surface area contributed by atoms with Gasteiger partial charge in [0.05, 0.1) is 6.04 Å². The first-order valence-electron chi connectivity index (χ1n) is 6.31. The summed E-state index contributed by atoms with van der Waals surface area (Å²) in [5.74, 6) is -0.479. The number of nitrogens with one attached hydrogen (secondary N) is 1. The number of hydrogen-bond donors (Lipinski definition) is 2. The van der Waals surface area contributed by atoms with E-state index in [1.165, 1.54) is 0 Å². The Morgan fingerprint density at radius 2 is 1.72 bits per heavy atom. The summed E-state index contributed by atoms with van der Waals surface area (Å²) in [4.78, 5) is 23.5. The Labute approximate surface area is 109 Å². The highest BCUT2D eigenvalue weighted by molar-refractivity contribution is 5.87. The van der Waals surface area contributed by atoms with E-state index in [2.05, 4.69) is 5.32 Å². The second kappa shape index (κ2) is 6.73. The molecule has 0 unspecified atom stereocenters. The van der Waals surface area contributed by atoms with Crippen molar-refractivity contribution < 1.29 is 14.3 Å². The molecule has 0 aromatic rings. The van der Waals surface area contributed by atoms with Gasteiger partial charge in [0.25, 0.3) is 0 Å². The summed E-state index contributed by atoms with van der Waals surface area (Å²) < 4.78 is 5.29. The molecule has 0 saturated heterocycles. The van der Waals surface area contributed by atoms with Gasteiger partial charge in [0.15, 0.2) is 0 Å². The number of ether oxygens (including phenoxy) is 1. The zero-order chi connectivity index (χ0) is 14.5. The molecule has 5 nitrogen and oxygen atoms in total. The first kappa shape index (κ1) is 16.9. The summed E-state index contributed by atoms with van der Waals surface area (Å²) in [5, 5.41) is 2.63. The molecule has 1 amide bonds. The molecule has 18 heavy (non-hydrogen) atoms. The normalized spacial score (nSPS) is 15.1. The third-order valence-electron chi connectivity index (χ3n) is 2.13. The number of rotatable bonds is 5. The zero-order valence-electron chi connectivity index (χ0n) is 12.2. The van der Waals surface area contributed by atoms with Gasteiger partial charge in [-0.3, -0.25) is 4.79 Å². The Bertz CT molecular complexity index is 293. The quantitative estimate of drug-likeness (QED) is 0.726. The average molecular weight is 258 g/mol. The first-order chi connectivity index (χ1) is 8.03. The molecule has 0 radical (unpaired) electrons. The monoisotopic (exact) mass is 258 g/mol. The highest BCUT2D eigenvalue weighted by Gasteiger charge is 2.27. The molecule has 0 aromatic heterocycles. The van der Waals surface area contributed by atoms with Crippen LogP contribution in [0.25, 0.3) is 0 Å². The maximum atomic E-state index is 12.0. The van der Waals surface area contributed by atoms with Crippen molar-refractivity contribution in [3.8, 4) is 0 Å². The summed E-state index contributed by atoms with van der Waals surface area (Å²) in [7, 11) is 0. The van der Waals surface area contributed by atoms with Gasteiger partial charge in [0, 0.05) is 0 Å². The molecule has 0 heterocycles. The largest absolute Gasteiger partial charge is 0.458 e. The molecular weight excluding hydrogens is 232 g/mol. The topological polar surface area (TPSA) is 81.4 Å². The lowest BCUT2D eigenvalue weighted by Crippen LogP contribution is -2.49. The number of amides is 1. The number of esters is 1. The highest BCUT2D eigenvalue weighted by atomic mass is 16.6. The maximum absolute atomic E-state index is 12.0. The number of carbonyl (C=O) groups is 2. The predicted molar refractivity (Wildman–Crippen MR) is 70.9 cm³/mol. The Hall–Kier alpha value is -1.10. The van der Waals surface area contributed by atoms with Crippen LogP contribution >= 0.6 is 0 Å². The summed E-state index contributed by atoms with van der Waals surface area (Å²) in [6.45, 7) is 10.9. The molecule has 0 aliphatic rings. The SMILES string of the molecule is CC(C)C[C@@H](NC(=O)[C@H](C)N)C(=O)OC(C)(C)C. The van der Waals surface area contributed by atoms with E-state index in [-0.39, 0.29) is 11.8 Å². The Balaban J connectivity index is 4.67. The van der Waals surface area contributed by atoms with Gasteiger partial charge in [0.1, 0.15) is 11.6 Å². The molecule has 5 heteroatoms. The summed E-state index contributed by atoms with van der Waals surface area (Å²) in [5.41, 5.74) is 4.91. The molecule has 0 rings (SSSR count). The van der Waals surface area contributed by atoms with Crippen LogP contribution in [0, 0.1) is 5.92 Å². The van der Waals surface area contributed by atoms with E-state index in [0.29, 0.717) is 6.42 Å². The lowest BCUT2D eigenvalue weighted by molar-refractivity contribution is -0.159. The smallest absolute Gasteiger partial charge is 0.329 e. The minimum Gasteiger partial charge on any atom is -0.458 e. The van der Waals surface area contributed by atoms with Crippen LogP contribution in [0.1, 0.15) is 48.0 Å². The van der Waals surface area contributed by atoms with Gasteiger partial charge in [-0.1, -0.05) is 13.8 Å². The molecule has 0 fully saturated rings. The molecule has 106 valence electrons. The summed E-state index contributed by atoms with van der Waals surface area (Å²) in [6, 6.07) is -1.27. The fourth-order valence-electron chi connectivity index (χ4n) is 1.36. The van der Waals surface area contributed by atoms with E-state index in [1.54, 1.807) is 27.7 Å². The summed E-state index contributed by atoms with van der Waals surface area (Å²) >= 11 is 0.